The zero-order chi connectivity index (χ0) is 18.5. The molecule has 0 aliphatic heterocycles. The Morgan fingerprint density at radius 3 is 2.69 bits per heavy atom. The van der Waals surface area contributed by atoms with E-state index in [0.29, 0.717) is 35.7 Å². The van der Waals surface area contributed by atoms with E-state index in [0.717, 1.165) is 11.3 Å². The van der Waals surface area contributed by atoms with Gasteiger partial charge in [0, 0.05) is 29.8 Å². The van der Waals surface area contributed by atoms with Gasteiger partial charge in [-0.15, -0.1) is 0 Å². The van der Waals surface area contributed by atoms with Crippen LogP contribution in [0.15, 0.2) is 53.1 Å². The Labute approximate surface area is 152 Å². The monoisotopic (exact) mass is 345 g/mol. The third kappa shape index (κ3) is 3.98. The highest BCUT2D eigenvalue weighted by Crippen LogP contribution is 2.20. The van der Waals surface area contributed by atoms with Crippen LogP contribution in [0.4, 0.5) is 5.69 Å². The van der Waals surface area contributed by atoms with E-state index in [9.17, 15) is 4.79 Å². The summed E-state index contributed by atoms with van der Waals surface area (Å²) >= 11 is 0. The zero-order valence-electron chi connectivity index (χ0n) is 14.7. The Kier molecular flexibility index (Phi) is 5.14. The predicted molar refractivity (Wildman–Crippen MR) is 100 cm³/mol. The fraction of sp³-hybridized carbons (Fsp3) is 0.190. The van der Waals surface area contributed by atoms with Gasteiger partial charge in [-0.1, -0.05) is 17.7 Å². The standard InChI is InChI=1S/C21H19N3O2/c1-14-3-6-17(7-4-14)21-24-18(13-26-21)9-10-23-20-11-16(12-22)5-8-19(20)15(2)25/h3-8,11,13,23H,9-10H2,1-2H3. The number of hydrogen-bond donors (Lipinski definition) is 1. The first-order valence-corrected chi connectivity index (χ1v) is 8.37. The molecular formula is C21H19N3O2. The molecule has 0 unspecified atom stereocenters. The normalized spacial score (nSPS) is 10.3. The van der Waals surface area contributed by atoms with E-state index in [1.165, 1.54) is 12.5 Å². The fourth-order valence-corrected chi connectivity index (χ4v) is 2.64. The number of nitrogens with one attached hydrogen (secondary N) is 1. The molecule has 1 heterocycles. The van der Waals surface area contributed by atoms with Gasteiger partial charge < -0.3 is 9.73 Å². The van der Waals surface area contributed by atoms with E-state index in [1.807, 2.05) is 31.2 Å². The lowest BCUT2D eigenvalue weighted by Gasteiger charge is -2.10. The number of Topliss-reactive ketones (excluding diaryl/α,β-unsaturated/α-hetero) is 1. The van der Waals surface area contributed by atoms with Crippen molar-refractivity contribution >= 4 is 11.5 Å². The zero-order valence-corrected chi connectivity index (χ0v) is 14.7. The van der Waals surface area contributed by atoms with Crippen molar-refractivity contribution in [2.75, 3.05) is 11.9 Å². The molecule has 0 spiro atoms. The number of nitrogens with zero attached hydrogens (tertiary/aromatic N) is 2. The van der Waals surface area contributed by atoms with Crippen LogP contribution in [-0.2, 0) is 6.42 Å². The average molecular weight is 345 g/mol. The number of nitriles is 1. The van der Waals surface area contributed by atoms with E-state index >= 15 is 0 Å². The number of ketones is 1. The maximum Gasteiger partial charge on any atom is 0.226 e. The Balaban J connectivity index is 1.67. The molecule has 0 saturated heterocycles. The van der Waals surface area contributed by atoms with Crippen LogP contribution in [0.2, 0.25) is 0 Å². The number of hydrogen-bond acceptors (Lipinski definition) is 5. The Morgan fingerprint density at radius 1 is 1.23 bits per heavy atom. The van der Waals surface area contributed by atoms with Crippen molar-refractivity contribution in [1.29, 1.82) is 5.26 Å². The molecule has 0 radical (unpaired) electrons. The van der Waals surface area contributed by atoms with E-state index in [2.05, 4.69) is 16.4 Å². The molecular weight excluding hydrogens is 326 g/mol. The van der Waals surface area contributed by atoms with Gasteiger partial charge in [0.05, 0.1) is 17.3 Å². The lowest BCUT2D eigenvalue weighted by molar-refractivity contribution is 0.101. The summed E-state index contributed by atoms with van der Waals surface area (Å²) in [5.74, 6) is 0.552. The summed E-state index contributed by atoms with van der Waals surface area (Å²) < 4.78 is 5.56. The molecule has 130 valence electrons. The van der Waals surface area contributed by atoms with E-state index in [4.69, 9.17) is 9.68 Å². The third-order valence-corrected chi connectivity index (χ3v) is 4.07. The van der Waals surface area contributed by atoms with Crippen molar-refractivity contribution < 1.29 is 9.21 Å². The molecule has 0 atom stereocenters. The number of rotatable bonds is 6. The van der Waals surface area contributed by atoms with Crippen LogP contribution in [0.3, 0.4) is 0 Å². The molecule has 3 rings (SSSR count). The smallest absolute Gasteiger partial charge is 0.226 e. The number of benzene rings is 2. The maximum atomic E-state index is 11.7. The Bertz CT molecular complexity index is 966. The molecule has 26 heavy (non-hydrogen) atoms. The number of aromatic nitrogens is 1. The largest absolute Gasteiger partial charge is 0.444 e. The SMILES string of the molecule is CC(=O)c1ccc(C#N)cc1NCCc1coc(-c2ccc(C)cc2)n1. The second-order valence-electron chi connectivity index (χ2n) is 6.12. The van der Waals surface area contributed by atoms with Gasteiger partial charge in [0.15, 0.2) is 5.78 Å². The topological polar surface area (TPSA) is 78.9 Å². The van der Waals surface area contributed by atoms with Gasteiger partial charge in [-0.05, 0) is 44.2 Å². The Morgan fingerprint density at radius 2 is 2.00 bits per heavy atom. The first-order chi connectivity index (χ1) is 12.6. The van der Waals surface area contributed by atoms with Crippen LogP contribution in [0.25, 0.3) is 11.5 Å². The van der Waals surface area contributed by atoms with Gasteiger partial charge in [-0.3, -0.25) is 4.79 Å². The van der Waals surface area contributed by atoms with Crippen molar-refractivity contribution in [3.63, 3.8) is 0 Å². The molecule has 1 aromatic heterocycles. The van der Waals surface area contributed by atoms with Gasteiger partial charge in [0.1, 0.15) is 6.26 Å². The summed E-state index contributed by atoms with van der Waals surface area (Å²) in [4.78, 5) is 16.2. The van der Waals surface area contributed by atoms with Gasteiger partial charge in [-0.2, -0.15) is 5.26 Å². The van der Waals surface area contributed by atoms with Crippen molar-refractivity contribution in [1.82, 2.24) is 4.98 Å². The summed E-state index contributed by atoms with van der Waals surface area (Å²) in [6.07, 6.45) is 2.29. The predicted octanol–water partition coefficient (Wildman–Crippen LogP) is 4.38. The van der Waals surface area contributed by atoms with Crippen LogP contribution >= 0.6 is 0 Å². The lowest BCUT2D eigenvalue weighted by atomic mass is 10.1. The van der Waals surface area contributed by atoms with Crippen LogP contribution in [0.5, 0.6) is 0 Å². The molecule has 2 aromatic carbocycles. The molecule has 0 aliphatic carbocycles. The number of oxazole rings is 1. The molecule has 5 nitrogen and oxygen atoms in total. The Hall–Kier alpha value is -3.39. The molecule has 3 aromatic rings. The molecule has 0 saturated carbocycles. The summed E-state index contributed by atoms with van der Waals surface area (Å²) in [5, 5.41) is 12.3. The lowest BCUT2D eigenvalue weighted by Crippen LogP contribution is -2.09. The highest BCUT2D eigenvalue weighted by molar-refractivity contribution is 5.99. The summed E-state index contributed by atoms with van der Waals surface area (Å²) in [6.45, 7) is 4.13. The number of carbonyl (C=O) groups is 1. The number of anilines is 1. The van der Waals surface area contributed by atoms with Crippen molar-refractivity contribution in [2.45, 2.75) is 20.3 Å². The van der Waals surface area contributed by atoms with Crippen LogP contribution in [-0.4, -0.2) is 17.3 Å². The first kappa shape index (κ1) is 17.4. The van der Waals surface area contributed by atoms with E-state index in [-0.39, 0.29) is 5.78 Å². The molecule has 0 amide bonds. The number of carbonyl (C=O) groups excluding carboxylic acids is 1. The number of aryl methyl sites for hydroxylation is 1. The highest BCUT2D eigenvalue weighted by atomic mass is 16.3. The summed E-state index contributed by atoms with van der Waals surface area (Å²) in [6, 6.07) is 15.1. The molecule has 0 aliphatic rings. The van der Waals surface area contributed by atoms with Gasteiger partial charge in [-0.25, -0.2) is 4.98 Å². The summed E-state index contributed by atoms with van der Waals surface area (Å²) in [5.41, 5.74) is 4.71. The molecule has 0 fully saturated rings. The quantitative estimate of drug-likeness (QED) is 0.671. The average Bonchev–Trinajstić information content (AvgIpc) is 3.11. The van der Waals surface area contributed by atoms with Crippen molar-refractivity contribution in [3.05, 3.63) is 71.1 Å². The van der Waals surface area contributed by atoms with Crippen molar-refractivity contribution in [2.24, 2.45) is 0 Å². The van der Waals surface area contributed by atoms with Crippen LogP contribution in [0, 0.1) is 18.3 Å². The molecule has 5 heteroatoms. The first-order valence-electron chi connectivity index (χ1n) is 8.37. The minimum absolute atomic E-state index is 0.0416. The van der Waals surface area contributed by atoms with Crippen LogP contribution in [0.1, 0.15) is 34.1 Å². The third-order valence-electron chi connectivity index (χ3n) is 4.07. The summed E-state index contributed by atoms with van der Waals surface area (Å²) in [7, 11) is 0. The second kappa shape index (κ2) is 7.66. The van der Waals surface area contributed by atoms with Gasteiger partial charge >= 0.3 is 0 Å². The highest BCUT2D eigenvalue weighted by Gasteiger charge is 2.10. The minimum Gasteiger partial charge on any atom is -0.444 e. The fourth-order valence-electron chi connectivity index (χ4n) is 2.64. The van der Waals surface area contributed by atoms with Crippen LogP contribution < -0.4 is 5.32 Å². The minimum atomic E-state index is -0.0416. The molecule has 0 bridgehead atoms. The van der Waals surface area contributed by atoms with Gasteiger partial charge in [0.2, 0.25) is 5.89 Å². The van der Waals surface area contributed by atoms with E-state index in [1.54, 1.807) is 24.5 Å². The second-order valence-corrected chi connectivity index (χ2v) is 6.12. The molecule has 1 N–H and O–H groups in total. The maximum absolute atomic E-state index is 11.7. The van der Waals surface area contributed by atoms with E-state index < -0.39 is 0 Å². The van der Waals surface area contributed by atoms with Crippen molar-refractivity contribution in [3.8, 4) is 17.5 Å². The van der Waals surface area contributed by atoms with Gasteiger partial charge in [0.25, 0.3) is 0 Å².